The van der Waals surface area contributed by atoms with Crippen molar-refractivity contribution in [2.75, 3.05) is 0 Å². The number of hydrogen-bond acceptors (Lipinski definition) is 4. The van der Waals surface area contributed by atoms with E-state index in [1.54, 1.807) is 5.57 Å². The zero-order chi connectivity index (χ0) is 26.6. The molecule has 4 nitrogen and oxygen atoms in total. The first-order chi connectivity index (χ1) is 16.6. The summed E-state index contributed by atoms with van der Waals surface area (Å²) in [6.45, 7) is 20.2. The van der Waals surface area contributed by atoms with E-state index < -0.39 is 35.1 Å². The second kappa shape index (κ2) is 7.94. The minimum atomic E-state index is -1.11. The lowest BCUT2D eigenvalue weighted by Gasteiger charge is -2.70. The van der Waals surface area contributed by atoms with Gasteiger partial charge < -0.3 is 14.9 Å². The molecule has 0 unspecified atom stereocenters. The van der Waals surface area contributed by atoms with Crippen molar-refractivity contribution < 1.29 is 19.7 Å². The molecule has 0 aromatic rings. The van der Waals surface area contributed by atoms with Crippen LogP contribution in [0.25, 0.3) is 0 Å². The quantitative estimate of drug-likeness (QED) is 0.407. The highest BCUT2D eigenvalue weighted by Crippen LogP contribution is 2.74. The number of rotatable bonds is 1. The van der Waals surface area contributed by atoms with Crippen LogP contribution in [0.1, 0.15) is 101 Å². The molecule has 0 aromatic heterocycles. The van der Waals surface area contributed by atoms with Gasteiger partial charge in [-0.05, 0) is 78.4 Å². The Bertz CT molecular complexity index is 1010. The maximum absolute atomic E-state index is 11.9. The van der Waals surface area contributed by atoms with Crippen molar-refractivity contribution in [2.24, 2.45) is 50.7 Å². The summed E-state index contributed by atoms with van der Waals surface area (Å²) >= 11 is 0. The number of allylic oxidation sites excluding steroid dienone is 3. The normalized spacial score (nSPS) is 53.6. The summed E-state index contributed by atoms with van der Waals surface area (Å²) in [6.07, 6.45) is 9.11. The van der Waals surface area contributed by atoms with Gasteiger partial charge in [-0.15, -0.1) is 0 Å². The summed E-state index contributed by atoms with van der Waals surface area (Å²) in [6, 6.07) is 0. The van der Waals surface area contributed by atoms with Crippen LogP contribution in [0.3, 0.4) is 0 Å². The summed E-state index contributed by atoms with van der Waals surface area (Å²) < 4.78 is 5.66. The van der Waals surface area contributed by atoms with E-state index in [0.717, 1.165) is 18.8 Å². The van der Waals surface area contributed by atoms with Crippen LogP contribution in [0, 0.1) is 50.7 Å². The molecular formula is C32H50O4. The summed E-state index contributed by atoms with van der Waals surface area (Å²) in [5.74, 6) is 1.72. The van der Waals surface area contributed by atoms with Gasteiger partial charge in [0.2, 0.25) is 0 Å². The van der Waals surface area contributed by atoms with Gasteiger partial charge in [0.25, 0.3) is 0 Å². The molecule has 0 heterocycles. The van der Waals surface area contributed by atoms with Gasteiger partial charge in [0, 0.05) is 17.8 Å². The number of fused-ring (bicyclic) bond motifs is 7. The lowest BCUT2D eigenvalue weighted by Crippen LogP contribution is -2.69. The zero-order valence-electron chi connectivity index (χ0n) is 24.1. The lowest BCUT2D eigenvalue weighted by molar-refractivity contribution is -0.238. The maximum Gasteiger partial charge on any atom is 0.303 e. The molecule has 202 valence electrons. The summed E-state index contributed by atoms with van der Waals surface area (Å²) in [5.41, 5.74) is 2.26. The van der Waals surface area contributed by atoms with Gasteiger partial charge in [-0.1, -0.05) is 78.7 Å². The Labute approximate surface area is 219 Å². The first-order valence-corrected chi connectivity index (χ1v) is 14.5. The second-order valence-corrected chi connectivity index (χ2v) is 15.0. The lowest BCUT2D eigenvalue weighted by atomic mass is 9.35. The Hall–Kier alpha value is -1.13. The Morgan fingerprint density at radius 1 is 0.917 bits per heavy atom. The topological polar surface area (TPSA) is 66.8 Å². The van der Waals surface area contributed by atoms with Crippen molar-refractivity contribution >= 4 is 5.97 Å². The highest BCUT2D eigenvalue weighted by Gasteiger charge is 2.70. The monoisotopic (exact) mass is 498 g/mol. The van der Waals surface area contributed by atoms with Crippen molar-refractivity contribution in [3.05, 3.63) is 23.3 Å². The number of aliphatic hydroxyl groups is 2. The van der Waals surface area contributed by atoms with Gasteiger partial charge in [0.05, 0.1) is 6.10 Å². The van der Waals surface area contributed by atoms with E-state index in [-0.39, 0.29) is 16.7 Å². The van der Waals surface area contributed by atoms with Crippen LogP contribution in [-0.2, 0) is 9.53 Å². The van der Waals surface area contributed by atoms with E-state index in [2.05, 4.69) is 67.5 Å². The molecule has 0 saturated heterocycles. The van der Waals surface area contributed by atoms with Gasteiger partial charge >= 0.3 is 5.97 Å². The molecule has 0 aromatic carbocycles. The molecule has 0 radical (unpaired) electrons. The highest BCUT2D eigenvalue weighted by molar-refractivity contribution is 5.66. The van der Waals surface area contributed by atoms with Crippen LogP contribution >= 0.6 is 0 Å². The maximum atomic E-state index is 11.9. The third-order valence-corrected chi connectivity index (χ3v) is 13.2. The average Bonchev–Trinajstić information content (AvgIpc) is 2.79. The van der Waals surface area contributed by atoms with Gasteiger partial charge in [-0.25, -0.2) is 0 Å². The van der Waals surface area contributed by atoms with E-state index in [9.17, 15) is 15.0 Å². The van der Waals surface area contributed by atoms with Crippen molar-refractivity contribution in [3.8, 4) is 0 Å². The van der Waals surface area contributed by atoms with E-state index in [0.29, 0.717) is 17.3 Å². The SMILES string of the molecule is CC(=O)O[C@H]1[C@H](O)[C@@H](O)[C@]2(C)C3=CC=C4[C@@H]5[C@@H](C)[C@H](C)CC[C@]5(C)CC[C@@]4(C)[C@]3(C)CC[C@H]2C1(C)C. The number of esters is 1. The van der Waals surface area contributed by atoms with Crippen molar-refractivity contribution in [1.82, 2.24) is 0 Å². The standard InChI is InChI=1S/C32H50O4/c1-18-12-14-29(6)16-17-30(7)21(24(29)19(18)2)10-11-23-31(30,8)15-13-22-28(4,5)27(36-20(3)33)25(34)26(35)32(22,23)9/h10-11,18-19,22,24-27,34-35H,12-17H2,1-9H3/t18-,19+,22+,24+,25-,26-,27+,29-,30-,31-,32+/m1/s1. The first kappa shape index (κ1) is 26.5. The molecule has 0 spiro atoms. The largest absolute Gasteiger partial charge is 0.459 e. The van der Waals surface area contributed by atoms with Crippen LogP contribution < -0.4 is 0 Å². The zero-order valence-corrected chi connectivity index (χ0v) is 24.1. The summed E-state index contributed by atoms with van der Waals surface area (Å²) in [7, 11) is 0. The molecule has 4 saturated carbocycles. The number of ether oxygens (including phenoxy) is 1. The molecule has 5 aliphatic rings. The van der Waals surface area contributed by atoms with Gasteiger partial charge in [-0.2, -0.15) is 0 Å². The van der Waals surface area contributed by atoms with Crippen LogP contribution in [0.15, 0.2) is 23.3 Å². The molecule has 0 bridgehead atoms. The third kappa shape index (κ3) is 3.09. The van der Waals surface area contributed by atoms with Gasteiger partial charge in [-0.3, -0.25) is 4.79 Å². The van der Waals surface area contributed by atoms with Crippen molar-refractivity contribution in [1.29, 1.82) is 0 Å². The smallest absolute Gasteiger partial charge is 0.303 e. The molecule has 11 atom stereocenters. The molecule has 5 rings (SSSR count). The van der Waals surface area contributed by atoms with E-state index >= 15 is 0 Å². The molecule has 2 N–H and O–H groups in total. The van der Waals surface area contributed by atoms with Crippen LogP contribution in [0.5, 0.6) is 0 Å². The summed E-state index contributed by atoms with van der Waals surface area (Å²) in [4.78, 5) is 11.9. The minimum absolute atomic E-state index is 0.0438. The van der Waals surface area contributed by atoms with E-state index in [1.807, 2.05) is 0 Å². The van der Waals surface area contributed by atoms with Crippen LogP contribution in [0.4, 0.5) is 0 Å². The molecule has 4 heteroatoms. The number of carbonyl (C=O) groups is 1. The van der Waals surface area contributed by atoms with E-state index in [1.165, 1.54) is 38.2 Å². The minimum Gasteiger partial charge on any atom is -0.459 e. The fourth-order valence-corrected chi connectivity index (χ4v) is 10.6. The highest BCUT2D eigenvalue weighted by atomic mass is 16.6. The van der Waals surface area contributed by atoms with Crippen molar-refractivity contribution in [2.45, 2.75) is 119 Å². The summed E-state index contributed by atoms with van der Waals surface area (Å²) in [5, 5.41) is 23.2. The number of hydrogen-bond donors (Lipinski definition) is 2. The Kier molecular flexibility index (Phi) is 5.84. The van der Waals surface area contributed by atoms with Crippen LogP contribution in [0.2, 0.25) is 0 Å². The molecule has 0 amide bonds. The second-order valence-electron chi connectivity index (χ2n) is 15.0. The number of carbonyl (C=O) groups excluding carboxylic acids is 1. The first-order valence-electron chi connectivity index (χ1n) is 14.5. The predicted octanol–water partition coefficient (Wildman–Crippen LogP) is 6.46. The third-order valence-electron chi connectivity index (χ3n) is 13.2. The Balaban J connectivity index is 1.65. The van der Waals surface area contributed by atoms with E-state index in [4.69, 9.17) is 4.74 Å². The van der Waals surface area contributed by atoms with Gasteiger partial charge in [0.15, 0.2) is 0 Å². The fraction of sp³-hybridized carbons (Fsp3) is 0.844. The predicted molar refractivity (Wildman–Crippen MR) is 143 cm³/mol. The molecule has 36 heavy (non-hydrogen) atoms. The molecule has 5 aliphatic carbocycles. The molecule has 4 fully saturated rings. The number of aliphatic hydroxyl groups excluding tert-OH is 2. The fourth-order valence-electron chi connectivity index (χ4n) is 10.6. The average molecular weight is 499 g/mol. The molecule has 0 aliphatic heterocycles. The van der Waals surface area contributed by atoms with Crippen LogP contribution in [-0.4, -0.2) is 34.5 Å². The van der Waals surface area contributed by atoms with Crippen molar-refractivity contribution in [3.63, 3.8) is 0 Å². The Morgan fingerprint density at radius 3 is 2.22 bits per heavy atom. The van der Waals surface area contributed by atoms with Gasteiger partial charge in [0.1, 0.15) is 12.2 Å². The Morgan fingerprint density at radius 2 is 1.58 bits per heavy atom. The molecular weight excluding hydrogens is 448 g/mol.